The number of fused-ring (bicyclic) bond motifs is 1. The summed E-state index contributed by atoms with van der Waals surface area (Å²) in [4.78, 5) is 21.1. The highest BCUT2D eigenvalue weighted by molar-refractivity contribution is 6.05. The third-order valence-electron chi connectivity index (χ3n) is 3.83. The summed E-state index contributed by atoms with van der Waals surface area (Å²) in [6.07, 6.45) is 2.09. The van der Waals surface area contributed by atoms with Crippen molar-refractivity contribution in [1.82, 2.24) is 4.98 Å². The lowest BCUT2D eigenvalue weighted by molar-refractivity contribution is -0.117. The van der Waals surface area contributed by atoms with Crippen molar-refractivity contribution in [1.29, 1.82) is 0 Å². The number of rotatable bonds is 4. The van der Waals surface area contributed by atoms with Crippen LogP contribution in [0.25, 0.3) is 21.3 Å². The molecule has 0 bridgehead atoms. The topological polar surface area (TPSA) is 91.2 Å². The maximum atomic E-state index is 12.3. The van der Waals surface area contributed by atoms with Gasteiger partial charge in [0.05, 0.1) is 12.8 Å². The summed E-state index contributed by atoms with van der Waals surface area (Å²) in [6, 6.07) is 7.45. The molecule has 1 amide bonds. The smallest absolute Gasteiger partial charge is 0.227 e. The molecular formula is C15H15N5O2. The van der Waals surface area contributed by atoms with Crippen LogP contribution in [0.1, 0.15) is 6.42 Å². The van der Waals surface area contributed by atoms with E-state index in [2.05, 4.69) is 15.0 Å². The molecule has 1 aromatic carbocycles. The van der Waals surface area contributed by atoms with Crippen LogP contribution in [0.15, 0.2) is 35.6 Å². The monoisotopic (exact) mass is 297 g/mol. The molecule has 2 heterocycles. The summed E-state index contributed by atoms with van der Waals surface area (Å²) in [6.45, 7) is 0.888. The molecule has 1 aromatic heterocycles. The number of azide groups is 1. The zero-order valence-electron chi connectivity index (χ0n) is 12.1. The van der Waals surface area contributed by atoms with E-state index in [1.165, 1.54) is 0 Å². The molecule has 1 saturated heterocycles. The van der Waals surface area contributed by atoms with Gasteiger partial charge in [-0.25, -0.2) is 0 Å². The average Bonchev–Trinajstić information content (AvgIpc) is 2.92. The third-order valence-corrected chi connectivity index (χ3v) is 3.83. The van der Waals surface area contributed by atoms with E-state index in [0.717, 1.165) is 16.6 Å². The number of pyridine rings is 1. The third kappa shape index (κ3) is 2.42. The van der Waals surface area contributed by atoms with E-state index in [9.17, 15) is 4.79 Å². The Morgan fingerprint density at radius 2 is 2.36 bits per heavy atom. The Kier molecular flexibility index (Phi) is 3.80. The van der Waals surface area contributed by atoms with Crippen molar-refractivity contribution in [3.05, 3.63) is 40.9 Å². The number of amides is 1. The second-order valence-electron chi connectivity index (χ2n) is 5.17. The lowest BCUT2D eigenvalue weighted by atomic mass is 10.1. The number of anilines is 1. The van der Waals surface area contributed by atoms with Crippen LogP contribution >= 0.6 is 0 Å². The standard InChI is InChI=1S/C15H15N5O2/c1-22-13-5-4-12(11-3-2-6-17-15(11)13)20-9-10(7-14(20)21)8-18-19-16/h2-6,10H,7-9H2,1H3. The highest BCUT2D eigenvalue weighted by atomic mass is 16.5. The molecule has 0 spiro atoms. The molecule has 3 rings (SSSR count). The molecule has 0 N–H and O–H groups in total. The second-order valence-corrected chi connectivity index (χ2v) is 5.17. The first kappa shape index (κ1) is 14.2. The first-order valence-corrected chi connectivity index (χ1v) is 6.97. The predicted molar refractivity (Wildman–Crippen MR) is 82.8 cm³/mol. The largest absolute Gasteiger partial charge is 0.494 e. The number of ether oxygens (including phenoxy) is 1. The van der Waals surface area contributed by atoms with Gasteiger partial charge in [0.25, 0.3) is 0 Å². The van der Waals surface area contributed by atoms with Crippen LogP contribution in [0.3, 0.4) is 0 Å². The van der Waals surface area contributed by atoms with Gasteiger partial charge in [0.15, 0.2) is 0 Å². The number of benzene rings is 1. The molecule has 1 unspecified atom stereocenters. The predicted octanol–water partition coefficient (Wildman–Crippen LogP) is 2.91. The summed E-state index contributed by atoms with van der Waals surface area (Å²) < 4.78 is 5.33. The fourth-order valence-corrected chi connectivity index (χ4v) is 2.82. The number of aromatic nitrogens is 1. The highest BCUT2D eigenvalue weighted by Crippen LogP contribution is 2.35. The van der Waals surface area contributed by atoms with Gasteiger partial charge in [-0.2, -0.15) is 0 Å². The van der Waals surface area contributed by atoms with Gasteiger partial charge in [0, 0.05) is 36.0 Å². The minimum Gasteiger partial charge on any atom is -0.494 e. The van der Waals surface area contributed by atoms with Gasteiger partial charge >= 0.3 is 0 Å². The molecule has 0 saturated carbocycles. The fraction of sp³-hybridized carbons (Fsp3) is 0.333. The Morgan fingerprint density at radius 1 is 1.50 bits per heavy atom. The summed E-state index contributed by atoms with van der Waals surface area (Å²) >= 11 is 0. The average molecular weight is 297 g/mol. The number of nitrogens with zero attached hydrogens (tertiary/aromatic N) is 5. The number of methoxy groups -OCH3 is 1. The molecule has 22 heavy (non-hydrogen) atoms. The van der Waals surface area contributed by atoms with Crippen molar-refractivity contribution in [2.24, 2.45) is 11.0 Å². The van der Waals surface area contributed by atoms with E-state index in [-0.39, 0.29) is 11.8 Å². The maximum Gasteiger partial charge on any atom is 0.227 e. The zero-order chi connectivity index (χ0) is 15.5. The van der Waals surface area contributed by atoms with E-state index in [1.807, 2.05) is 24.3 Å². The molecule has 2 aromatic rings. The van der Waals surface area contributed by atoms with Crippen LogP contribution in [0, 0.1) is 5.92 Å². The van der Waals surface area contributed by atoms with Gasteiger partial charge in [0.1, 0.15) is 11.3 Å². The maximum absolute atomic E-state index is 12.3. The van der Waals surface area contributed by atoms with Crippen LogP contribution in [0.4, 0.5) is 5.69 Å². The molecule has 112 valence electrons. The quantitative estimate of drug-likeness (QED) is 0.493. The SMILES string of the molecule is COc1ccc(N2CC(CN=[N+]=[N-])CC2=O)c2cccnc12. The number of hydrogen-bond acceptors (Lipinski definition) is 4. The summed E-state index contributed by atoms with van der Waals surface area (Å²) in [5, 5.41) is 4.45. The molecule has 7 heteroatoms. The van der Waals surface area contributed by atoms with Crippen molar-refractivity contribution in [2.45, 2.75) is 6.42 Å². The first-order valence-electron chi connectivity index (χ1n) is 6.97. The number of carbonyl (C=O) groups is 1. The van der Waals surface area contributed by atoms with Crippen LogP contribution in [0.2, 0.25) is 0 Å². The zero-order valence-corrected chi connectivity index (χ0v) is 12.1. The normalized spacial score (nSPS) is 17.6. The molecule has 1 atom stereocenters. The molecular weight excluding hydrogens is 282 g/mol. The number of hydrogen-bond donors (Lipinski definition) is 0. The molecule has 1 fully saturated rings. The van der Waals surface area contributed by atoms with E-state index in [4.69, 9.17) is 10.3 Å². The Morgan fingerprint density at radius 3 is 3.14 bits per heavy atom. The van der Waals surface area contributed by atoms with Crippen LogP contribution in [-0.4, -0.2) is 31.1 Å². The minimum atomic E-state index is 0.0356. The second kappa shape index (κ2) is 5.91. The molecule has 0 aliphatic carbocycles. The Balaban J connectivity index is 2.00. The summed E-state index contributed by atoms with van der Waals surface area (Å²) in [5.74, 6) is 0.766. The van der Waals surface area contributed by atoms with E-state index in [0.29, 0.717) is 25.3 Å². The first-order chi connectivity index (χ1) is 10.7. The fourth-order valence-electron chi connectivity index (χ4n) is 2.82. The molecule has 1 aliphatic rings. The Labute approximate surface area is 127 Å². The van der Waals surface area contributed by atoms with Crippen molar-refractivity contribution in [2.75, 3.05) is 25.1 Å². The Bertz CT molecular complexity index is 770. The van der Waals surface area contributed by atoms with Gasteiger partial charge < -0.3 is 9.64 Å². The van der Waals surface area contributed by atoms with Gasteiger partial charge in [-0.15, -0.1) is 0 Å². The van der Waals surface area contributed by atoms with Crippen LogP contribution in [0.5, 0.6) is 5.75 Å². The van der Waals surface area contributed by atoms with Crippen molar-refractivity contribution in [3.63, 3.8) is 0 Å². The number of carbonyl (C=O) groups excluding carboxylic acids is 1. The highest BCUT2D eigenvalue weighted by Gasteiger charge is 2.31. The molecule has 1 aliphatic heterocycles. The summed E-state index contributed by atoms with van der Waals surface area (Å²) in [5.41, 5.74) is 9.96. The van der Waals surface area contributed by atoms with Crippen LogP contribution < -0.4 is 9.64 Å². The lowest BCUT2D eigenvalue weighted by Crippen LogP contribution is -2.25. The van der Waals surface area contributed by atoms with Gasteiger partial charge in [-0.05, 0) is 35.7 Å². The Hall–Kier alpha value is -2.79. The minimum absolute atomic E-state index is 0.0356. The lowest BCUT2D eigenvalue weighted by Gasteiger charge is -2.19. The van der Waals surface area contributed by atoms with Gasteiger partial charge in [0.2, 0.25) is 5.91 Å². The van der Waals surface area contributed by atoms with Crippen LogP contribution in [-0.2, 0) is 4.79 Å². The van der Waals surface area contributed by atoms with E-state index >= 15 is 0 Å². The van der Waals surface area contributed by atoms with Crippen molar-refractivity contribution in [3.8, 4) is 5.75 Å². The van der Waals surface area contributed by atoms with Crippen molar-refractivity contribution >= 4 is 22.5 Å². The van der Waals surface area contributed by atoms with Gasteiger partial charge in [-0.3, -0.25) is 9.78 Å². The molecule has 0 radical (unpaired) electrons. The summed E-state index contributed by atoms with van der Waals surface area (Å²) in [7, 11) is 1.60. The van der Waals surface area contributed by atoms with E-state index in [1.54, 1.807) is 18.2 Å². The van der Waals surface area contributed by atoms with Gasteiger partial charge in [-0.1, -0.05) is 5.11 Å². The molecule has 7 nitrogen and oxygen atoms in total. The van der Waals surface area contributed by atoms with Crippen molar-refractivity contribution < 1.29 is 9.53 Å². The van der Waals surface area contributed by atoms with E-state index < -0.39 is 0 Å².